The molecule has 146 valence electrons. The average Bonchev–Trinajstić information content (AvgIpc) is 2.68. The molecule has 0 saturated heterocycles. The van der Waals surface area contributed by atoms with Crippen molar-refractivity contribution in [2.24, 2.45) is 0 Å². The summed E-state index contributed by atoms with van der Waals surface area (Å²) in [5.41, 5.74) is 3.39. The Morgan fingerprint density at radius 1 is 1.00 bits per heavy atom. The Kier molecular flexibility index (Phi) is 5.84. The fourth-order valence-corrected chi connectivity index (χ4v) is 4.08. The van der Waals surface area contributed by atoms with E-state index in [-0.39, 0.29) is 4.90 Å². The van der Waals surface area contributed by atoms with Gasteiger partial charge < -0.3 is 10.1 Å². The lowest BCUT2D eigenvalue weighted by atomic mass is 10.1. The number of hydrogen-bond donors (Lipinski definition) is 2. The summed E-state index contributed by atoms with van der Waals surface area (Å²) in [4.78, 5) is 4.50. The first-order chi connectivity index (χ1) is 13.4. The predicted octanol–water partition coefficient (Wildman–Crippen LogP) is 4.12. The van der Waals surface area contributed by atoms with Crippen molar-refractivity contribution >= 4 is 21.5 Å². The molecule has 1 heterocycles. The standard InChI is InChI=1S/C21H23N3O3S/c1-15-6-4-5-7-17(15)13-22-21-11-8-18(14-23-21)24-28(25,26)20-10-9-19(27-3)12-16(20)2/h4-12,14,24H,13H2,1-3H3,(H,22,23). The molecule has 2 N–H and O–H groups in total. The van der Waals surface area contributed by atoms with Gasteiger partial charge in [0.1, 0.15) is 11.6 Å². The first kappa shape index (κ1) is 19.7. The highest BCUT2D eigenvalue weighted by atomic mass is 32.2. The number of rotatable bonds is 7. The van der Waals surface area contributed by atoms with E-state index in [0.717, 1.165) is 0 Å². The van der Waals surface area contributed by atoms with E-state index >= 15 is 0 Å². The molecule has 3 rings (SSSR count). The van der Waals surface area contributed by atoms with Gasteiger partial charge in [0.15, 0.2) is 0 Å². The van der Waals surface area contributed by atoms with Crippen LogP contribution in [0.1, 0.15) is 16.7 Å². The number of nitrogens with zero attached hydrogens (tertiary/aromatic N) is 1. The van der Waals surface area contributed by atoms with Gasteiger partial charge in [0.05, 0.1) is 23.9 Å². The van der Waals surface area contributed by atoms with Crippen molar-refractivity contribution in [3.05, 3.63) is 77.5 Å². The van der Waals surface area contributed by atoms with Gasteiger partial charge in [-0.1, -0.05) is 24.3 Å². The zero-order valence-electron chi connectivity index (χ0n) is 16.1. The number of aryl methyl sites for hydroxylation is 2. The van der Waals surface area contributed by atoms with E-state index in [0.29, 0.717) is 29.4 Å². The summed E-state index contributed by atoms with van der Waals surface area (Å²) in [6.07, 6.45) is 1.50. The largest absolute Gasteiger partial charge is 0.497 e. The molecular formula is C21H23N3O3S. The first-order valence-corrected chi connectivity index (χ1v) is 10.3. The van der Waals surface area contributed by atoms with Crippen molar-refractivity contribution in [2.45, 2.75) is 25.3 Å². The number of hydrogen-bond acceptors (Lipinski definition) is 5. The maximum atomic E-state index is 12.7. The Labute approximate surface area is 165 Å². The number of ether oxygens (including phenoxy) is 1. The maximum absolute atomic E-state index is 12.7. The Bertz CT molecular complexity index is 1060. The van der Waals surface area contributed by atoms with Crippen molar-refractivity contribution in [2.75, 3.05) is 17.1 Å². The van der Waals surface area contributed by atoms with E-state index < -0.39 is 10.0 Å². The molecule has 0 aliphatic rings. The van der Waals surface area contributed by atoms with Gasteiger partial charge in [-0.15, -0.1) is 0 Å². The number of nitrogens with one attached hydrogen (secondary N) is 2. The maximum Gasteiger partial charge on any atom is 0.262 e. The molecule has 2 aromatic carbocycles. The monoisotopic (exact) mass is 397 g/mol. The smallest absolute Gasteiger partial charge is 0.262 e. The normalized spacial score (nSPS) is 11.1. The van der Waals surface area contributed by atoms with E-state index in [9.17, 15) is 8.42 Å². The Morgan fingerprint density at radius 3 is 2.43 bits per heavy atom. The van der Waals surface area contributed by atoms with Gasteiger partial charge in [0.2, 0.25) is 0 Å². The third-order valence-corrected chi connectivity index (χ3v) is 5.95. The second kappa shape index (κ2) is 8.31. The Balaban J connectivity index is 1.69. The van der Waals surface area contributed by atoms with E-state index in [4.69, 9.17) is 4.74 Å². The van der Waals surface area contributed by atoms with Gasteiger partial charge >= 0.3 is 0 Å². The lowest BCUT2D eigenvalue weighted by molar-refractivity contribution is 0.414. The fraction of sp³-hybridized carbons (Fsp3) is 0.190. The zero-order chi connectivity index (χ0) is 20.1. The topological polar surface area (TPSA) is 80.3 Å². The van der Waals surface area contributed by atoms with Gasteiger partial charge in [-0.05, 0) is 60.9 Å². The Hall–Kier alpha value is -3.06. The zero-order valence-corrected chi connectivity index (χ0v) is 16.9. The minimum atomic E-state index is -3.71. The number of benzene rings is 2. The molecule has 0 bridgehead atoms. The van der Waals surface area contributed by atoms with Crippen LogP contribution >= 0.6 is 0 Å². The summed E-state index contributed by atoms with van der Waals surface area (Å²) in [6.45, 7) is 4.44. The molecule has 0 spiro atoms. The molecule has 0 aliphatic heterocycles. The summed E-state index contributed by atoms with van der Waals surface area (Å²) in [7, 11) is -2.17. The van der Waals surface area contributed by atoms with Crippen LogP contribution in [0.25, 0.3) is 0 Å². The molecular weight excluding hydrogens is 374 g/mol. The van der Waals surface area contributed by atoms with Crippen molar-refractivity contribution in [1.82, 2.24) is 4.98 Å². The number of pyridine rings is 1. The van der Waals surface area contributed by atoms with Crippen LogP contribution in [-0.2, 0) is 16.6 Å². The van der Waals surface area contributed by atoms with Gasteiger partial charge in [0.25, 0.3) is 10.0 Å². The minimum absolute atomic E-state index is 0.204. The van der Waals surface area contributed by atoms with Gasteiger partial charge in [-0.25, -0.2) is 13.4 Å². The van der Waals surface area contributed by atoms with Crippen LogP contribution in [0.15, 0.2) is 65.7 Å². The number of sulfonamides is 1. The average molecular weight is 398 g/mol. The molecule has 0 amide bonds. The molecule has 28 heavy (non-hydrogen) atoms. The third kappa shape index (κ3) is 4.61. The quantitative estimate of drug-likeness (QED) is 0.627. The highest BCUT2D eigenvalue weighted by Crippen LogP contribution is 2.23. The number of aromatic nitrogens is 1. The van der Waals surface area contributed by atoms with E-state index in [1.54, 1.807) is 38.3 Å². The van der Waals surface area contributed by atoms with Crippen molar-refractivity contribution in [3.8, 4) is 5.75 Å². The lowest BCUT2D eigenvalue weighted by Gasteiger charge is -2.12. The Morgan fingerprint density at radius 2 is 1.79 bits per heavy atom. The first-order valence-electron chi connectivity index (χ1n) is 8.81. The minimum Gasteiger partial charge on any atom is -0.497 e. The fourth-order valence-electron chi connectivity index (χ4n) is 2.81. The van der Waals surface area contributed by atoms with Crippen molar-refractivity contribution in [1.29, 1.82) is 0 Å². The van der Waals surface area contributed by atoms with Crippen molar-refractivity contribution < 1.29 is 13.2 Å². The molecule has 1 aromatic heterocycles. The van der Waals surface area contributed by atoms with Gasteiger partial charge in [0, 0.05) is 6.54 Å². The molecule has 0 saturated carbocycles. The highest BCUT2D eigenvalue weighted by molar-refractivity contribution is 7.92. The lowest BCUT2D eigenvalue weighted by Crippen LogP contribution is -2.14. The SMILES string of the molecule is COc1ccc(S(=O)(=O)Nc2ccc(NCc3ccccc3C)nc2)c(C)c1. The predicted molar refractivity (Wildman–Crippen MR) is 111 cm³/mol. The van der Waals surface area contributed by atoms with Crippen LogP contribution in [0, 0.1) is 13.8 Å². The van der Waals surface area contributed by atoms with E-state index in [1.807, 2.05) is 12.1 Å². The van der Waals surface area contributed by atoms with E-state index in [1.165, 1.54) is 23.4 Å². The van der Waals surface area contributed by atoms with Crippen LogP contribution in [0.3, 0.4) is 0 Å². The molecule has 7 heteroatoms. The summed E-state index contributed by atoms with van der Waals surface area (Å²) >= 11 is 0. The summed E-state index contributed by atoms with van der Waals surface area (Å²) in [6, 6.07) is 16.4. The summed E-state index contributed by atoms with van der Waals surface area (Å²) in [5.74, 6) is 1.29. The molecule has 0 atom stereocenters. The third-order valence-electron chi connectivity index (χ3n) is 4.41. The second-order valence-electron chi connectivity index (χ2n) is 6.45. The second-order valence-corrected chi connectivity index (χ2v) is 8.10. The number of anilines is 2. The van der Waals surface area contributed by atoms with Crippen LogP contribution in [0.4, 0.5) is 11.5 Å². The molecule has 0 fully saturated rings. The molecule has 6 nitrogen and oxygen atoms in total. The molecule has 0 aliphatic carbocycles. The van der Waals surface area contributed by atoms with Crippen LogP contribution in [-0.4, -0.2) is 20.5 Å². The summed E-state index contributed by atoms with van der Waals surface area (Å²) in [5, 5.41) is 3.24. The van der Waals surface area contributed by atoms with Crippen LogP contribution < -0.4 is 14.8 Å². The molecule has 0 unspecified atom stereocenters. The summed E-state index contributed by atoms with van der Waals surface area (Å²) < 4.78 is 33.0. The van der Waals surface area contributed by atoms with Gasteiger partial charge in [-0.3, -0.25) is 4.72 Å². The van der Waals surface area contributed by atoms with Crippen molar-refractivity contribution in [3.63, 3.8) is 0 Å². The molecule has 0 radical (unpaired) electrons. The van der Waals surface area contributed by atoms with Gasteiger partial charge in [-0.2, -0.15) is 0 Å². The van der Waals surface area contributed by atoms with Crippen LogP contribution in [0.5, 0.6) is 5.75 Å². The number of methoxy groups -OCH3 is 1. The van der Waals surface area contributed by atoms with Crippen LogP contribution in [0.2, 0.25) is 0 Å². The van der Waals surface area contributed by atoms with E-state index in [2.05, 4.69) is 34.1 Å². The molecule has 3 aromatic rings. The highest BCUT2D eigenvalue weighted by Gasteiger charge is 2.17.